The van der Waals surface area contributed by atoms with Gasteiger partial charge in [0.25, 0.3) is 0 Å². The minimum Gasteiger partial charge on any atom is -0.333 e. The molecule has 4 nitrogen and oxygen atoms in total. The molecule has 17 heavy (non-hydrogen) atoms. The van der Waals surface area contributed by atoms with Crippen LogP contribution in [0.15, 0.2) is 12.5 Å². The first kappa shape index (κ1) is 12.6. The molecule has 1 aliphatic rings. The minimum atomic E-state index is 0.542. The molecule has 1 atom stereocenters. The summed E-state index contributed by atoms with van der Waals surface area (Å²) in [5, 5.41) is 0. The Labute approximate surface area is 104 Å². The van der Waals surface area contributed by atoms with Crippen molar-refractivity contribution in [2.24, 2.45) is 11.7 Å². The number of aryl methyl sites for hydroxylation is 1. The largest absolute Gasteiger partial charge is 0.333 e. The average Bonchev–Trinajstić information content (AvgIpc) is 3.04. The van der Waals surface area contributed by atoms with Gasteiger partial charge in [0.2, 0.25) is 0 Å². The lowest BCUT2D eigenvalue weighted by molar-refractivity contribution is 0.210. The van der Waals surface area contributed by atoms with Crippen molar-refractivity contribution in [2.45, 2.75) is 45.3 Å². The summed E-state index contributed by atoms with van der Waals surface area (Å²) in [4.78, 5) is 6.63. The van der Waals surface area contributed by atoms with E-state index in [1.54, 1.807) is 0 Å². The van der Waals surface area contributed by atoms with Crippen molar-refractivity contribution in [2.75, 3.05) is 13.6 Å². The van der Waals surface area contributed by atoms with Gasteiger partial charge in [-0.2, -0.15) is 0 Å². The fourth-order valence-corrected chi connectivity index (χ4v) is 2.51. The van der Waals surface area contributed by atoms with Gasteiger partial charge in [0, 0.05) is 31.9 Å². The summed E-state index contributed by atoms with van der Waals surface area (Å²) in [7, 11) is 2.18. The van der Waals surface area contributed by atoms with Crippen molar-refractivity contribution < 1.29 is 0 Å². The zero-order valence-electron chi connectivity index (χ0n) is 11.0. The molecular weight excluding hydrogens is 212 g/mol. The van der Waals surface area contributed by atoms with Crippen LogP contribution in [0.2, 0.25) is 0 Å². The van der Waals surface area contributed by atoms with Crippen molar-refractivity contribution in [3.05, 3.63) is 18.2 Å². The summed E-state index contributed by atoms with van der Waals surface area (Å²) >= 11 is 0. The molecule has 1 heterocycles. The molecule has 0 amide bonds. The Morgan fingerprint density at radius 3 is 2.94 bits per heavy atom. The summed E-state index contributed by atoms with van der Waals surface area (Å²) in [5.41, 5.74) is 7.18. The highest BCUT2D eigenvalue weighted by Gasteiger charge is 2.32. The van der Waals surface area contributed by atoms with Crippen LogP contribution >= 0.6 is 0 Å². The normalized spacial score (nSPS) is 17.6. The highest BCUT2D eigenvalue weighted by atomic mass is 15.2. The summed E-state index contributed by atoms with van der Waals surface area (Å²) in [6.07, 6.45) is 7.75. The molecule has 1 fully saturated rings. The minimum absolute atomic E-state index is 0.542. The maximum absolute atomic E-state index is 5.88. The van der Waals surface area contributed by atoms with Crippen LogP contribution in [-0.4, -0.2) is 34.1 Å². The second kappa shape index (κ2) is 5.65. The van der Waals surface area contributed by atoms with Crippen LogP contribution in [0.5, 0.6) is 0 Å². The molecule has 0 spiro atoms. The maximum Gasteiger partial charge on any atom is 0.0948 e. The number of hydrogen-bond donors (Lipinski definition) is 1. The SMILES string of the molecule is CCCn1cncc1CN(C)C(CN)C1CC1. The summed E-state index contributed by atoms with van der Waals surface area (Å²) in [6, 6.07) is 0.542. The van der Waals surface area contributed by atoms with E-state index < -0.39 is 0 Å². The Hall–Kier alpha value is -0.870. The number of rotatable bonds is 7. The van der Waals surface area contributed by atoms with E-state index in [0.717, 1.165) is 32.0 Å². The zero-order valence-corrected chi connectivity index (χ0v) is 11.0. The second-order valence-electron chi connectivity index (χ2n) is 5.13. The fourth-order valence-electron chi connectivity index (χ4n) is 2.51. The van der Waals surface area contributed by atoms with Crippen LogP contribution in [0.3, 0.4) is 0 Å². The Balaban J connectivity index is 1.96. The molecule has 96 valence electrons. The molecule has 0 aliphatic heterocycles. The van der Waals surface area contributed by atoms with E-state index in [2.05, 4.69) is 28.4 Å². The first-order valence-electron chi connectivity index (χ1n) is 6.65. The van der Waals surface area contributed by atoms with Crippen LogP contribution in [0.1, 0.15) is 31.9 Å². The van der Waals surface area contributed by atoms with E-state index in [1.165, 1.54) is 18.5 Å². The number of likely N-dealkylation sites (N-methyl/N-ethyl adjacent to an activating group) is 1. The number of aromatic nitrogens is 2. The zero-order chi connectivity index (χ0) is 12.3. The molecule has 1 aromatic heterocycles. The quantitative estimate of drug-likeness (QED) is 0.779. The van der Waals surface area contributed by atoms with Crippen LogP contribution in [0, 0.1) is 5.92 Å². The van der Waals surface area contributed by atoms with E-state index in [1.807, 2.05) is 12.5 Å². The third-order valence-electron chi connectivity index (χ3n) is 3.65. The fraction of sp³-hybridized carbons (Fsp3) is 0.769. The number of imidazole rings is 1. The Morgan fingerprint density at radius 2 is 2.35 bits per heavy atom. The lowest BCUT2D eigenvalue weighted by Gasteiger charge is -2.27. The van der Waals surface area contributed by atoms with Crippen LogP contribution in [0.25, 0.3) is 0 Å². The predicted octanol–water partition coefficient (Wildman–Crippen LogP) is 1.46. The molecule has 2 N–H and O–H groups in total. The number of nitrogens with zero attached hydrogens (tertiary/aromatic N) is 3. The standard InChI is InChI=1S/C13H24N4/c1-3-6-17-10-15-8-12(17)9-16(2)13(7-14)11-4-5-11/h8,10-11,13H,3-7,9,14H2,1-2H3. The highest BCUT2D eigenvalue weighted by molar-refractivity contribution is 5.00. The van der Waals surface area contributed by atoms with E-state index in [-0.39, 0.29) is 0 Å². The topological polar surface area (TPSA) is 47.1 Å². The average molecular weight is 236 g/mol. The van der Waals surface area contributed by atoms with Crippen molar-refractivity contribution >= 4 is 0 Å². The van der Waals surface area contributed by atoms with Crippen molar-refractivity contribution in [3.8, 4) is 0 Å². The molecule has 1 aromatic rings. The van der Waals surface area contributed by atoms with Gasteiger partial charge in [-0.15, -0.1) is 0 Å². The summed E-state index contributed by atoms with van der Waals surface area (Å²) in [6.45, 7) is 4.97. The Kier molecular flexibility index (Phi) is 4.18. The lowest BCUT2D eigenvalue weighted by atomic mass is 10.1. The molecule has 0 saturated heterocycles. The van der Waals surface area contributed by atoms with Gasteiger partial charge in [-0.25, -0.2) is 4.98 Å². The summed E-state index contributed by atoms with van der Waals surface area (Å²) < 4.78 is 2.25. The van der Waals surface area contributed by atoms with Crippen LogP contribution in [0.4, 0.5) is 0 Å². The molecule has 2 rings (SSSR count). The Bertz CT molecular complexity index is 343. The van der Waals surface area contributed by atoms with Crippen molar-refractivity contribution in [1.29, 1.82) is 0 Å². The molecular formula is C13H24N4. The highest BCUT2D eigenvalue weighted by Crippen LogP contribution is 2.34. The van der Waals surface area contributed by atoms with Gasteiger partial charge in [0.15, 0.2) is 0 Å². The molecule has 1 aliphatic carbocycles. The van der Waals surface area contributed by atoms with Gasteiger partial charge < -0.3 is 10.3 Å². The first-order chi connectivity index (χ1) is 8.26. The van der Waals surface area contributed by atoms with Gasteiger partial charge in [-0.1, -0.05) is 6.92 Å². The third kappa shape index (κ3) is 3.07. The van der Waals surface area contributed by atoms with E-state index in [4.69, 9.17) is 5.73 Å². The van der Waals surface area contributed by atoms with E-state index >= 15 is 0 Å². The monoisotopic (exact) mass is 236 g/mol. The van der Waals surface area contributed by atoms with Crippen LogP contribution in [-0.2, 0) is 13.1 Å². The van der Waals surface area contributed by atoms with Crippen LogP contribution < -0.4 is 5.73 Å². The van der Waals surface area contributed by atoms with Crippen molar-refractivity contribution in [3.63, 3.8) is 0 Å². The number of hydrogen-bond acceptors (Lipinski definition) is 3. The molecule has 0 aromatic carbocycles. The molecule has 1 saturated carbocycles. The maximum atomic E-state index is 5.88. The predicted molar refractivity (Wildman–Crippen MR) is 69.6 cm³/mol. The smallest absolute Gasteiger partial charge is 0.0948 e. The molecule has 0 radical (unpaired) electrons. The van der Waals surface area contributed by atoms with Gasteiger partial charge in [-0.3, -0.25) is 4.90 Å². The second-order valence-corrected chi connectivity index (χ2v) is 5.13. The summed E-state index contributed by atoms with van der Waals surface area (Å²) in [5.74, 6) is 0.826. The third-order valence-corrected chi connectivity index (χ3v) is 3.65. The first-order valence-corrected chi connectivity index (χ1v) is 6.65. The van der Waals surface area contributed by atoms with E-state index in [0.29, 0.717) is 6.04 Å². The van der Waals surface area contributed by atoms with E-state index in [9.17, 15) is 0 Å². The van der Waals surface area contributed by atoms with Crippen molar-refractivity contribution in [1.82, 2.24) is 14.5 Å². The molecule has 1 unspecified atom stereocenters. The van der Waals surface area contributed by atoms with Gasteiger partial charge in [0.1, 0.15) is 0 Å². The molecule has 4 heteroatoms. The Morgan fingerprint density at radius 1 is 1.59 bits per heavy atom. The van der Waals surface area contributed by atoms with Gasteiger partial charge in [-0.05, 0) is 32.2 Å². The van der Waals surface area contributed by atoms with Gasteiger partial charge >= 0.3 is 0 Å². The molecule has 0 bridgehead atoms. The lowest BCUT2D eigenvalue weighted by Crippen LogP contribution is -2.39. The van der Waals surface area contributed by atoms with Gasteiger partial charge in [0.05, 0.1) is 12.0 Å². The number of nitrogens with two attached hydrogens (primary N) is 1.